The van der Waals surface area contributed by atoms with Crippen molar-refractivity contribution >= 4 is 17.1 Å². The number of hydrogen-bond donors (Lipinski definition) is 2. The fourth-order valence-electron chi connectivity index (χ4n) is 1.85. The van der Waals surface area contributed by atoms with Crippen molar-refractivity contribution in [3.8, 4) is 5.75 Å². The quantitative estimate of drug-likeness (QED) is 0.819. The highest BCUT2D eigenvalue weighted by atomic mass is 19.1. The zero-order valence-corrected chi connectivity index (χ0v) is 11.9. The highest BCUT2D eigenvalue weighted by Crippen LogP contribution is 2.29. The molecule has 0 aliphatic rings. The Kier molecular flexibility index (Phi) is 4.13. The van der Waals surface area contributed by atoms with Gasteiger partial charge in [-0.2, -0.15) is 0 Å². The molecular weight excluding hydrogens is 255 g/mol. The first-order valence-corrected chi connectivity index (χ1v) is 6.55. The lowest BCUT2D eigenvalue weighted by atomic mass is 10.2. The normalized spacial score (nSPS) is 10.7. The molecule has 106 valence electrons. The van der Waals surface area contributed by atoms with Crippen LogP contribution in [0.2, 0.25) is 0 Å². The first kappa shape index (κ1) is 14.2. The van der Waals surface area contributed by atoms with E-state index in [9.17, 15) is 4.39 Å². The lowest BCUT2D eigenvalue weighted by Crippen LogP contribution is -2.07. The van der Waals surface area contributed by atoms with Gasteiger partial charge in [0.2, 0.25) is 0 Å². The molecule has 0 fully saturated rings. The van der Waals surface area contributed by atoms with E-state index in [1.165, 1.54) is 12.1 Å². The molecule has 0 aliphatic carbocycles. The van der Waals surface area contributed by atoms with Crippen LogP contribution in [-0.4, -0.2) is 6.10 Å². The predicted octanol–water partition coefficient (Wildman–Crippen LogP) is 4.25. The SMILES string of the molecule is Cc1ccc(F)cc1Nc1ccc(N)c(OC(C)C)c1. The van der Waals surface area contributed by atoms with Gasteiger partial charge in [-0.3, -0.25) is 0 Å². The van der Waals surface area contributed by atoms with Crippen molar-refractivity contribution in [2.75, 3.05) is 11.1 Å². The highest BCUT2D eigenvalue weighted by molar-refractivity contribution is 5.68. The van der Waals surface area contributed by atoms with E-state index in [4.69, 9.17) is 10.5 Å². The minimum absolute atomic E-state index is 0.0449. The van der Waals surface area contributed by atoms with Crippen LogP contribution in [-0.2, 0) is 0 Å². The molecule has 0 unspecified atom stereocenters. The number of halogens is 1. The van der Waals surface area contributed by atoms with Crippen LogP contribution in [0.1, 0.15) is 19.4 Å². The summed E-state index contributed by atoms with van der Waals surface area (Å²) in [5.74, 6) is 0.353. The number of aryl methyl sites for hydroxylation is 1. The van der Waals surface area contributed by atoms with Crippen molar-refractivity contribution in [2.24, 2.45) is 0 Å². The molecule has 2 aromatic rings. The fourth-order valence-corrected chi connectivity index (χ4v) is 1.85. The van der Waals surface area contributed by atoms with E-state index in [0.29, 0.717) is 11.4 Å². The van der Waals surface area contributed by atoms with Crippen LogP contribution in [0.15, 0.2) is 36.4 Å². The molecule has 20 heavy (non-hydrogen) atoms. The van der Waals surface area contributed by atoms with E-state index in [0.717, 1.165) is 16.9 Å². The zero-order chi connectivity index (χ0) is 14.7. The summed E-state index contributed by atoms with van der Waals surface area (Å²) in [6.45, 7) is 5.80. The third kappa shape index (κ3) is 3.41. The van der Waals surface area contributed by atoms with Gasteiger partial charge in [-0.15, -0.1) is 0 Å². The van der Waals surface area contributed by atoms with Crippen molar-refractivity contribution in [3.63, 3.8) is 0 Å². The molecule has 0 amide bonds. The van der Waals surface area contributed by atoms with Crippen LogP contribution in [0.5, 0.6) is 5.75 Å². The highest BCUT2D eigenvalue weighted by Gasteiger charge is 2.06. The Balaban J connectivity index is 2.27. The van der Waals surface area contributed by atoms with Gasteiger partial charge >= 0.3 is 0 Å². The summed E-state index contributed by atoms with van der Waals surface area (Å²) in [7, 11) is 0. The molecule has 0 spiro atoms. The topological polar surface area (TPSA) is 47.3 Å². The maximum absolute atomic E-state index is 13.3. The summed E-state index contributed by atoms with van der Waals surface area (Å²) in [5, 5.41) is 3.18. The standard InChI is InChI=1S/C16H19FN2O/c1-10(2)20-16-9-13(6-7-14(16)18)19-15-8-12(17)5-4-11(15)3/h4-10,19H,18H2,1-3H3. The Morgan fingerprint density at radius 2 is 1.90 bits per heavy atom. The third-order valence-electron chi connectivity index (χ3n) is 2.85. The molecule has 0 radical (unpaired) electrons. The summed E-state index contributed by atoms with van der Waals surface area (Å²) in [6, 6.07) is 10.1. The number of rotatable bonds is 4. The van der Waals surface area contributed by atoms with Crippen LogP contribution in [0.3, 0.4) is 0 Å². The average Bonchev–Trinajstić information content (AvgIpc) is 2.37. The molecule has 0 atom stereocenters. The van der Waals surface area contributed by atoms with E-state index < -0.39 is 0 Å². The van der Waals surface area contributed by atoms with Crippen LogP contribution < -0.4 is 15.8 Å². The van der Waals surface area contributed by atoms with E-state index in [2.05, 4.69) is 5.32 Å². The number of hydrogen-bond acceptors (Lipinski definition) is 3. The fraction of sp³-hybridized carbons (Fsp3) is 0.250. The summed E-state index contributed by atoms with van der Waals surface area (Å²) in [6.07, 6.45) is 0.0449. The predicted molar refractivity (Wildman–Crippen MR) is 81.0 cm³/mol. The number of nitrogens with two attached hydrogens (primary N) is 1. The molecule has 4 heteroatoms. The lowest BCUT2D eigenvalue weighted by molar-refractivity contribution is 0.244. The summed E-state index contributed by atoms with van der Waals surface area (Å²) >= 11 is 0. The van der Waals surface area contributed by atoms with Gasteiger partial charge in [0.1, 0.15) is 11.6 Å². The van der Waals surface area contributed by atoms with Crippen molar-refractivity contribution < 1.29 is 9.13 Å². The second-order valence-electron chi connectivity index (χ2n) is 5.00. The van der Waals surface area contributed by atoms with E-state index >= 15 is 0 Å². The summed E-state index contributed by atoms with van der Waals surface area (Å²) < 4.78 is 18.9. The second kappa shape index (κ2) is 5.82. The van der Waals surface area contributed by atoms with Crippen LogP contribution >= 0.6 is 0 Å². The molecule has 0 aliphatic heterocycles. The van der Waals surface area contributed by atoms with E-state index in [1.807, 2.05) is 32.9 Å². The van der Waals surface area contributed by atoms with E-state index in [1.54, 1.807) is 12.1 Å². The van der Waals surface area contributed by atoms with Gasteiger partial charge in [0.25, 0.3) is 0 Å². The van der Waals surface area contributed by atoms with Gasteiger partial charge < -0.3 is 15.8 Å². The van der Waals surface area contributed by atoms with Crippen molar-refractivity contribution in [2.45, 2.75) is 26.9 Å². The monoisotopic (exact) mass is 274 g/mol. The largest absolute Gasteiger partial charge is 0.489 e. The van der Waals surface area contributed by atoms with Gasteiger partial charge in [-0.1, -0.05) is 6.07 Å². The molecule has 0 heterocycles. The summed E-state index contributed by atoms with van der Waals surface area (Å²) in [5.41, 5.74) is 8.96. The number of benzene rings is 2. The lowest BCUT2D eigenvalue weighted by Gasteiger charge is -2.15. The zero-order valence-electron chi connectivity index (χ0n) is 11.9. The molecule has 0 aromatic heterocycles. The van der Waals surface area contributed by atoms with Gasteiger partial charge in [0, 0.05) is 17.4 Å². The Bertz CT molecular complexity index is 611. The number of nitrogen functional groups attached to an aromatic ring is 1. The van der Waals surface area contributed by atoms with Crippen LogP contribution in [0.25, 0.3) is 0 Å². The maximum atomic E-state index is 13.3. The molecule has 3 nitrogen and oxygen atoms in total. The molecule has 2 aromatic carbocycles. The second-order valence-corrected chi connectivity index (χ2v) is 5.00. The van der Waals surface area contributed by atoms with Crippen molar-refractivity contribution in [3.05, 3.63) is 47.8 Å². The maximum Gasteiger partial charge on any atom is 0.144 e. The van der Waals surface area contributed by atoms with Crippen molar-refractivity contribution in [1.29, 1.82) is 0 Å². The molecular formula is C16H19FN2O. The van der Waals surface area contributed by atoms with Gasteiger partial charge in [-0.05, 0) is 50.6 Å². The average molecular weight is 274 g/mol. The van der Waals surface area contributed by atoms with Crippen LogP contribution in [0.4, 0.5) is 21.5 Å². The Morgan fingerprint density at radius 1 is 1.15 bits per heavy atom. The first-order valence-electron chi connectivity index (χ1n) is 6.55. The van der Waals surface area contributed by atoms with Crippen molar-refractivity contribution in [1.82, 2.24) is 0 Å². The van der Waals surface area contributed by atoms with E-state index in [-0.39, 0.29) is 11.9 Å². The first-order chi connectivity index (χ1) is 9.45. The smallest absolute Gasteiger partial charge is 0.144 e. The van der Waals surface area contributed by atoms with Gasteiger partial charge in [0.15, 0.2) is 0 Å². The molecule has 3 N–H and O–H groups in total. The Hall–Kier alpha value is -2.23. The van der Waals surface area contributed by atoms with Gasteiger partial charge in [-0.25, -0.2) is 4.39 Å². The molecule has 0 saturated carbocycles. The van der Waals surface area contributed by atoms with Crippen LogP contribution in [0, 0.1) is 12.7 Å². The number of ether oxygens (including phenoxy) is 1. The molecule has 2 rings (SSSR count). The Labute approximate surface area is 118 Å². The number of nitrogens with one attached hydrogen (secondary N) is 1. The van der Waals surface area contributed by atoms with Gasteiger partial charge in [0.05, 0.1) is 11.8 Å². The Morgan fingerprint density at radius 3 is 2.60 bits per heavy atom. The summed E-state index contributed by atoms with van der Waals surface area (Å²) in [4.78, 5) is 0. The minimum Gasteiger partial charge on any atom is -0.489 e. The molecule has 0 saturated heterocycles. The number of anilines is 3. The third-order valence-corrected chi connectivity index (χ3v) is 2.85. The molecule has 0 bridgehead atoms. The minimum atomic E-state index is -0.271.